The molecule has 0 spiro atoms. The highest BCUT2D eigenvalue weighted by atomic mass is 32.2. The Morgan fingerprint density at radius 1 is 1.45 bits per heavy atom. The van der Waals surface area contributed by atoms with Crippen LogP contribution >= 0.6 is 0 Å². The van der Waals surface area contributed by atoms with Crippen LogP contribution in [-0.2, 0) is 14.6 Å². The number of hydrogen-bond acceptors (Lipinski definition) is 7. The lowest BCUT2D eigenvalue weighted by Gasteiger charge is -2.11. The number of hydrogen-bond donors (Lipinski definition) is 2. The minimum absolute atomic E-state index is 0.0299. The highest BCUT2D eigenvalue weighted by Gasteiger charge is 2.15. The zero-order valence-corrected chi connectivity index (χ0v) is 12.4. The van der Waals surface area contributed by atoms with E-state index in [0.29, 0.717) is 5.69 Å². The summed E-state index contributed by atoms with van der Waals surface area (Å²) in [7, 11) is -3.07. The monoisotopic (exact) mass is 301 g/mol. The van der Waals surface area contributed by atoms with Gasteiger partial charge in [0.15, 0.2) is 9.84 Å². The number of anilines is 2. The van der Waals surface area contributed by atoms with Crippen LogP contribution in [-0.4, -0.2) is 44.0 Å². The van der Waals surface area contributed by atoms with Crippen LogP contribution in [0.3, 0.4) is 0 Å². The van der Waals surface area contributed by atoms with Gasteiger partial charge in [-0.1, -0.05) is 6.92 Å². The zero-order valence-electron chi connectivity index (χ0n) is 11.5. The van der Waals surface area contributed by atoms with Crippen molar-refractivity contribution in [2.75, 3.05) is 35.7 Å². The molecule has 0 aromatic carbocycles. The summed E-state index contributed by atoms with van der Waals surface area (Å²) < 4.78 is 27.7. The van der Waals surface area contributed by atoms with E-state index in [0.717, 1.165) is 0 Å². The van der Waals surface area contributed by atoms with Gasteiger partial charge in [-0.15, -0.1) is 0 Å². The normalized spacial score (nSPS) is 11.1. The largest absolute Gasteiger partial charge is 0.462 e. The molecule has 112 valence electrons. The van der Waals surface area contributed by atoms with E-state index >= 15 is 0 Å². The number of ether oxygens (including phenoxy) is 1. The van der Waals surface area contributed by atoms with Gasteiger partial charge in [-0.3, -0.25) is 0 Å². The first-order valence-electron chi connectivity index (χ1n) is 6.26. The Morgan fingerprint density at radius 2 is 2.15 bits per heavy atom. The van der Waals surface area contributed by atoms with Crippen LogP contribution in [0.25, 0.3) is 0 Å². The van der Waals surface area contributed by atoms with Gasteiger partial charge in [-0.05, 0) is 13.0 Å². The average Bonchev–Trinajstić information content (AvgIpc) is 2.40. The van der Waals surface area contributed by atoms with Crippen molar-refractivity contribution in [3.05, 3.63) is 17.8 Å². The van der Waals surface area contributed by atoms with Crippen molar-refractivity contribution in [1.82, 2.24) is 4.98 Å². The fourth-order valence-corrected chi connectivity index (χ4v) is 2.16. The van der Waals surface area contributed by atoms with Crippen molar-refractivity contribution in [3.63, 3.8) is 0 Å². The standard InChI is InChI=1S/C12H19N3O4S/c1-3-19-12(16)10-7-9(13)8-15-11(10)14-5-6-20(17,18)4-2/h7-8H,3-6,13H2,1-2H3,(H,14,15). The van der Waals surface area contributed by atoms with E-state index in [1.165, 1.54) is 12.3 Å². The number of nitrogens with one attached hydrogen (secondary N) is 1. The Hall–Kier alpha value is -1.83. The fourth-order valence-electron chi connectivity index (χ4n) is 1.46. The molecule has 0 fully saturated rings. The molecule has 1 aromatic heterocycles. The summed E-state index contributed by atoms with van der Waals surface area (Å²) in [6.45, 7) is 3.68. The second-order valence-electron chi connectivity index (χ2n) is 4.05. The van der Waals surface area contributed by atoms with Gasteiger partial charge in [-0.2, -0.15) is 0 Å². The van der Waals surface area contributed by atoms with E-state index in [-0.39, 0.29) is 36.0 Å². The lowest BCUT2D eigenvalue weighted by molar-refractivity contribution is 0.0527. The molecule has 0 bridgehead atoms. The Kier molecular flexibility index (Phi) is 5.75. The van der Waals surface area contributed by atoms with Crippen molar-refractivity contribution in [1.29, 1.82) is 0 Å². The molecule has 3 N–H and O–H groups in total. The zero-order chi connectivity index (χ0) is 15.2. The second-order valence-corrected chi connectivity index (χ2v) is 6.52. The first-order chi connectivity index (χ1) is 9.39. The molecule has 0 aliphatic rings. The van der Waals surface area contributed by atoms with Gasteiger partial charge in [0.05, 0.1) is 24.2 Å². The number of nitrogens with two attached hydrogens (primary N) is 1. The predicted octanol–water partition coefficient (Wildman–Crippen LogP) is 0.687. The van der Waals surface area contributed by atoms with Crippen molar-refractivity contribution in [2.45, 2.75) is 13.8 Å². The van der Waals surface area contributed by atoms with Crippen LogP contribution in [0.15, 0.2) is 12.3 Å². The molecule has 0 aliphatic carbocycles. The number of nitrogen functional groups attached to an aromatic ring is 1. The molecule has 20 heavy (non-hydrogen) atoms. The van der Waals surface area contributed by atoms with Gasteiger partial charge in [0.1, 0.15) is 11.4 Å². The molecule has 1 aromatic rings. The minimum Gasteiger partial charge on any atom is -0.462 e. The van der Waals surface area contributed by atoms with Crippen LogP contribution in [0, 0.1) is 0 Å². The maximum Gasteiger partial charge on any atom is 0.341 e. The van der Waals surface area contributed by atoms with Gasteiger partial charge in [-0.25, -0.2) is 18.2 Å². The summed E-state index contributed by atoms with van der Waals surface area (Å²) in [6, 6.07) is 1.45. The second kappa shape index (κ2) is 7.09. The van der Waals surface area contributed by atoms with Crippen molar-refractivity contribution >= 4 is 27.3 Å². The van der Waals surface area contributed by atoms with E-state index < -0.39 is 15.8 Å². The first-order valence-corrected chi connectivity index (χ1v) is 8.08. The highest BCUT2D eigenvalue weighted by molar-refractivity contribution is 7.91. The van der Waals surface area contributed by atoms with Gasteiger partial charge in [0.25, 0.3) is 0 Å². The Balaban J connectivity index is 2.82. The molecule has 0 aliphatic heterocycles. The van der Waals surface area contributed by atoms with E-state index in [4.69, 9.17) is 10.5 Å². The summed E-state index contributed by atoms with van der Waals surface area (Å²) in [5.41, 5.74) is 6.12. The quantitative estimate of drug-likeness (QED) is 0.712. The number of sulfone groups is 1. The number of esters is 1. The third-order valence-electron chi connectivity index (χ3n) is 2.55. The Labute approximate surface area is 118 Å². The number of aromatic nitrogens is 1. The van der Waals surface area contributed by atoms with Gasteiger partial charge in [0.2, 0.25) is 0 Å². The molecule has 0 radical (unpaired) electrons. The van der Waals surface area contributed by atoms with E-state index in [2.05, 4.69) is 10.3 Å². The topological polar surface area (TPSA) is 111 Å². The molecule has 0 saturated carbocycles. The predicted molar refractivity (Wildman–Crippen MR) is 77.4 cm³/mol. The Bertz CT molecular complexity index is 572. The number of carbonyl (C=O) groups is 1. The Morgan fingerprint density at radius 3 is 2.75 bits per heavy atom. The molecule has 0 atom stereocenters. The van der Waals surface area contributed by atoms with E-state index in [1.807, 2.05) is 0 Å². The molecule has 0 amide bonds. The third kappa shape index (κ3) is 4.69. The van der Waals surface area contributed by atoms with Crippen LogP contribution in [0.2, 0.25) is 0 Å². The SMILES string of the molecule is CCOC(=O)c1cc(N)cnc1NCCS(=O)(=O)CC. The first kappa shape index (κ1) is 16.2. The van der Waals surface area contributed by atoms with Gasteiger partial charge < -0.3 is 15.8 Å². The van der Waals surface area contributed by atoms with E-state index in [9.17, 15) is 13.2 Å². The third-order valence-corrected chi connectivity index (χ3v) is 4.26. The van der Waals surface area contributed by atoms with Crippen molar-refractivity contribution < 1.29 is 17.9 Å². The number of nitrogens with zero attached hydrogens (tertiary/aromatic N) is 1. The molecule has 0 unspecified atom stereocenters. The lowest BCUT2D eigenvalue weighted by atomic mass is 10.2. The van der Waals surface area contributed by atoms with Crippen LogP contribution < -0.4 is 11.1 Å². The molecule has 8 heteroatoms. The van der Waals surface area contributed by atoms with Crippen LogP contribution in [0.4, 0.5) is 11.5 Å². The highest BCUT2D eigenvalue weighted by Crippen LogP contribution is 2.16. The van der Waals surface area contributed by atoms with Crippen LogP contribution in [0.5, 0.6) is 0 Å². The smallest absolute Gasteiger partial charge is 0.341 e. The maximum atomic E-state index is 11.8. The average molecular weight is 301 g/mol. The van der Waals surface area contributed by atoms with Gasteiger partial charge >= 0.3 is 5.97 Å². The molecular weight excluding hydrogens is 282 g/mol. The number of carbonyl (C=O) groups excluding carboxylic acids is 1. The number of pyridine rings is 1. The summed E-state index contributed by atoms with van der Waals surface area (Å²) in [5.74, 6) is -0.232. The maximum absolute atomic E-state index is 11.8. The molecular formula is C12H19N3O4S. The van der Waals surface area contributed by atoms with Crippen LogP contribution in [0.1, 0.15) is 24.2 Å². The summed E-state index contributed by atoms with van der Waals surface area (Å²) in [6.07, 6.45) is 1.39. The molecule has 0 saturated heterocycles. The molecule has 1 heterocycles. The van der Waals surface area contributed by atoms with E-state index in [1.54, 1.807) is 13.8 Å². The summed E-state index contributed by atoms with van der Waals surface area (Å²) in [4.78, 5) is 15.8. The molecule has 1 rings (SSSR count). The molecule has 7 nitrogen and oxygen atoms in total. The van der Waals surface area contributed by atoms with Crippen molar-refractivity contribution in [2.24, 2.45) is 0 Å². The van der Waals surface area contributed by atoms with Crippen molar-refractivity contribution in [3.8, 4) is 0 Å². The lowest BCUT2D eigenvalue weighted by Crippen LogP contribution is -2.19. The minimum atomic E-state index is -3.07. The fraction of sp³-hybridized carbons (Fsp3) is 0.500. The summed E-state index contributed by atoms with van der Waals surface area (Å²) >= 11 is 0. The van der Waals surface area contributed by atoms with Gasteiger partial charge in [0, 0.05) is 12.3 Å². The summed E-state index contributed by atoms with van der Waals surface area (Å²) in [5, 5.41) is 2.82. The number of rotatable bonds is 7.